The summed E-state index contributed by atoms with van der Waals surface area (Å²) in [6.45, 7) is 4.12. The van der Waals surface area contributed by atoms with Crippen molar-refractivity contribution in [2.24, 2.45) is 0 Å². The lowest BCUT2D eigenvalue weighted by molar-refractivity contribution is 1.06. The molecule has 1 heteroatoms. The van der Waals surface area contributed by atoms with E-state index in [1.807, 2.05) is 24.4 Å². The van der Waals surface area contributed by atoms with Crippen molar-refractivity contribution in [3.05, 3.63) is 36.0 Å². The fourth-order valence-electron chi connectivity index (χ4n) is 0.659. The number of rotatable bonds is 1. The van der Waals surface area contributed by atoms with Gasteiger partial charge in [-0.15, -0.1) is 0 Å². The Morgan fingerprint density at radius 2 is 2.11 bits per heavy atom. The predicted octanol–water partition coefficient (Wildman–Crippen LogP) is 2.04. The topological polar surface area (TPSA) is 12.9 Å². The van der Waals surface area contributed by atoms with Gasteiger partial charge in [-0.25, -0.2) is 0 Å². The molecule has 1 heterocycles. The van der Waals surface area contributed by atoms with Crippen molar-refractivity contribution in [1.29, 1.82) is 0 Å². The number of aromatic nitrogens is 1. The number of nitrogens with zero attached hydrogens (tertiary/aromatic N) is 1. The minimum atomic E-state index is 1.08. The fraction of sp³-hybridized carbons (Fsp3) is 0.250. The van der Waals surface area contributed by atoms with Crippen LogP contribution in [-0.4, -0.2) is 4.98 Å². The van der Waals surface area contributed by atoms with Crippen LogP contribution in [0.2, 0.25) is 0 Å². The highest BCUT2D eigenvalue weighted by molar-refractivity contribution is 5.18. The molecule has 9 heavy (non-hydrogen) atoms. The summed E-state index contributed by atoms with van der Waals surface area (Å²) in [6.07, 6.45) is 1.81. The van der Waals surface area contributed by atoms with Crippen LogP contribution in [0.25, 0.3) is 0 Å². The first kappa shape index (κ1) is 6.27. The second-order valence-electron chi connectivity index (χ2n) is 2.21. The molecular weight excluding hydrogens is 110 g/mol. The summed E-state index contributed by atoms with van der Waals surface area (Å²) in [7, 11) is 0. The Labute approximate surface area is 55.7 Å². The molecule has 47 valence electrons. The molecule has 0 N–H and O–H groups in total. The van der Waals surface area contributed by atoms with Gasteiger partial charge >= 0.3 is 0 Å². The highest BCUT2D eigenvalue weighted by Crippen LogP contribution is 2.07. The summed E-state index contributed by atoms with van der Waals surface area (Å²) in [5.74, 6) is 1.26. The van der Waals surface area contributed by atoms with Crippen LogP contribution in [0.1, 0.15) is 19.5 Å². The maximum absolute atomic E-state index is 4.14. The van der Waals surface area contributed by atoms with E-state index in [9.17, 15) is 0 Å². The van der Waals surface area contributed by atoms with Gasteiger partial charge in [-0.2, -0.15) is 0 Å². The molecule has 0 saturated carbocycles. The largest absolute Gasteiger partial charge is 0.261 e. The van der Waals surface area contributed by atoms with Crippen LogP contribution in [0, 0.1) is 5.92 Å². The molecule has 0 spiro atoms. The molecule has 0 aliphatic rings. The highest BCUT2D eigenvalue weighted by Gasteiger charge is 1.96. The minimum Gasteiger partial charge on any atom is -0.261 e. The third kappa shape index (κ3) is 1.53. The standard InChI is InChI=1S/C8H10N/c1-7(2)8-5-3-4-6-9-8/h3-6H,1-2H3. The first-order valence-electron chi connectivity index (χ1n) is 3.02. The summed E-state index contributed by atoms with van der Waals surface area (Å²) < 4.78 is 0. The van der Waals surface area contributed by atoms with Gasteiger partial charge < -0.3 is 0 Å². The Hall–Kier alpha value is -0.850. The maximum Gasteiger partial charge on any atom is 0.0469 e. The van der Waals surface area contributed by atoms with Crippen molar-refractivity contribution in [2.45, 2.75) is 13.8 Å². The summed E-state index contributed by atoms with van der Waals surface area (Å²) in [6, 6.07) is 5.93. The van der Waals surface area contributed by atoms with Crippen molar-refractivity contribution in [1.82, 2.24) is 4.98 Å². The molecule has 0 aromatic carbocycles. The third-order valence-electron chi connectivity index (χ3n) is 1.18. The summed E-state index contributed by atoms with van der Waals surface area (Å²) in [5, 5.41) is 0. The molecule has 1 aromatic heterocycles. The van der Waals surface area contributed by atoms with Gasteiger partial charge in [0, 0.05) is 17.8 Å². The first-order valence-corrected chi connectivity index (χ1v) is 3.02. The van der Waals surface area contributed by atoms with Crippen LogP contribution in [0.5, 0.6) is 0 Å². The third-order valence-corrected chi connectivity index (χ3v) is 1.18. The molecule has 1 aromatic rings. The zero-order chi connectivity index (χ0) is 6.69. The number of pyridine rings is 1. The molecule has 0 aliphatic heterocycles. The van der Waals surface area contributed by atoms with Crippen LogP contribution < -0.4 is 0 Å². The molecule has 1 radical (unpaired) electrons. The van der Waals surface area contributed by atoms with Gasteiger partial charge in [-0.3, -0.25) is 4.98 Å². The van der Waals surface area contributed by atoms with E-state index in [1.165, 1.54) is 5.92 Å². The van der Waals surface area contributed by atoms with E-state index < -0.39 is 0 Å². The molecule has 1 rings (SSSR count). The van der Waals surface area contributed by atoms with E-state index in [2.05, 4.69) is 18.8 Å². The van der Waals surface area contributed by atoms with Crippen LogP contribution in [-0.2, 0) is 0 Å². The summed E-state index contributed by atoms with van der Waals surface area (Å²) in [5.41, 5.74) is 1.08. The van der Waals surface area contributed by atoms with Gasteiger partial charge in [0.15, 0.2) is 0 Å². The number of hydrogen-bond donors (Lipinski definition) is 0. The monoisotopic (exact) mass is 120 g/mol. The Morgan fingerprint density at radius 1 is 1.33 bits per heavy atom. The van der Waals surface area contributed by atoms with Gasteiger partial charge in [0.2, 0.25) is 0 Å². The average molecular weight is 120 g/mol. The van der Waals surface area contributed by atoms with E-state index in [4.69, 9.17) is 0 Å². The predicted molar refractivity (Wildman–Crippen MR) is 37.9 cm³/mol. The molecular formula is C8H10N. The second kappa shape index (κ2) is 2.62. The zero-order valence-corrected chi connectivity index (χ0v) is 5.76. The lowest BCUT2D eigenvalue weighted by atomic mass is 10.1. The van der Waals surface area contributed by atoms with Crippen molar-refractivity contribution in [3.63, 3.8) is 0 Å². The first-order chi connectivity index (χ1) is 4.30. The van der Waals surface area contributed by atoms with Gasteiger partial charge in [0.1, 0.15) is 0 Å². The number of hydrogen-bond acceptors (Lipinski definition) is 1. The molecule has 0 atom stereocenters. The summed E-state index contributed by atoms with van der Waals surface area (Å²) >= 11 is 0. The smallest absolute Gasteiger partial charge is 0.0469 e. The molecule has 0 aliphatic carbocycles. The molecule has 0 unspecified atom stereocenters. The Bertz CT molecular complexity index is 167. The minimum absolute atomic E-state index is 1.08. The van der Waals surface area contributed by atoms with E-state index in [-0.39, 0.29) is 0 Å². The van der Waals surface area contributed by atoms with Crippen LogP contribution in [0.15, 0.2) is 24.4 Å². The second-order valence-corrected chi connectivity index (χ2v) is 2.21. The average Bonchev–Trinajstić information content (AvgIpc) is 1.90. The van der Waals surface area contributed by atoms with E-state index in [1.54, 1.807) is 0 Å². The molecule has 0 saturated heterocycles. The highest BCUT2D eigenvalue weighted by atomic mass is 14.7. The molecule has 1 nitrogen and oxygen atoms in total. The zero-order valence-electron chi connectivity index (χ0n) is 5.76. The lowest BCUT2D eigenvalue weighted by Crippen LogP contribution is -1.89. The Morgan fingerprint density at radius 3 is 2.44 bits per heavy atom. The van der Waals surface area contributed by atoms with Crippen molar-refractivity contribution in [2.75, 3.05) is 0 Å². The van der Waals surface area contributed by atoms with Crippen molar-refractivity contribution < 1.29 is 0 Å². The van der Waals surface area contributed by atoms with E-state index in [0.29, 0.717) is 0 Å². The maximum atomic E-state index is 4.14. The quantitative estimate of drug-likeness (QED) is 0.552. The van der Waals surface area contributed by atoms with Gasteiger partial charge in [-0.1, -0.05) is 19.9 Å². The van der Waals surface area contributed by atoms with Crippen molar-refractivity contribution in [3.8, 4) is 0 Å². The van der Waals surface area contributed by atoms with E-state index >= 15 is 0 Å². The summed E-state index contributed by atoms with van der Waals surface area (Å²) in [4.78, 5) is 4.14. The van der Waals surface area contributed by atoms with Crippen molar-refractivity contribution >= 4 is 0 Å². The van der Waals surface area contributed by atoms with E-state index in [0.717, 1.165) is 5.69 Å². The molecule has 0 fully saturated rings. The SMILES string of the molecule is C[C](C)c1ccccn1. The van der Waals surface area contributed by atoms with Gasteiger partial charge in [0.25, 0.3) is 0 Å². The normalized spacial score (nSPS) is 10.1. The lowest BCUT2D eigenvalue weighted by Gasteiger charge is -1.99. The van der Waals surface area contributed by atoms with Gasteiger partial charge in [-0.05, 0) is 12.1 Å². The Kier molecular flexibility index (Phi) is 1.83. The molecule has 0 bridgehead atoms. The van der Waals surface area contributed by atoms with Crippen LogP contribution in [0.4, 0.5) is 0 Å². The fourth-order valence-corrected chi connectivity index (χ4v) is 0.659. The van der Waals surface area contributed by atoms with Crippen LogP contribution >= 0.6 is 0 Å². The Balaban J connectivity index is 2.85. The van der Waals surface area contributed by atoms with Crippen LogP contribution in [0.3, 0.4) is 0 Å². The van der Waals surface area contributed by atoms with Gasteiger partial charge in [0.05, 0.1) is 0 Å². The molecule has 0 amide bonds.